The summed E-state index contributed by atoms with van der Waals surface area (Å²) in [5.74, 6) is -3.48. The maximum Gasteiger partial charge on any atom is 0.307 e. The van der Waals surface area contributed by atoms with Gasteiger partial charge in [-0.15, -0.1) is 0 Å². The van der Waals surface area contributed by atoms with Gasteiger partial charge in [-0.1, -0.05) is 19.9 Å². The van der Waals surface area contributed by atoms with Crippen LogP contribution in [0.4, 0.5) is 8.78 Å². The van der Waals surface area contributed by atoms with Crippen molar-refractivity contribution in [3.63, 3.8) is 0 Å². The first-order chi connectivity index (χ1) is 7.35. The topological polar surface area (TPSA) is 37.3 Å². The first kappa shape index (κ1) is 11.0. The van der Waals surface area contributed by atoms with Gasteiger partial charge in [-0.25, -0.2) is 8.78 Å². The number of hydrogen-bond donors (Lipinski definition) is 1. The summed E-state index contributed by atoms with van der Waals surface area (Å²) >= 11 is 0. The molecule has 1 aromatic rings. The highest BCUT2D eigenvalue weighted by molar-refractivity contribution is 5.77. The minimum Gasteiger partial charge on any atom is -0.481 e. The van der Waals surface area contributed by atoms with Gasteiger partial charge in [0, 0.05) is 5.92 Å². The number of carboxylic acids is 1. The summed E-state index contributed by atoms with van der Waals surface area (Å²) in [4.78, 5) is 10.9. The van der Waals surface area contributed by atoms with Gasteiger partial charge < -0.3 is 5.11 Å². The zero-order chi connectivity index (χ0) is 12.1. The SMILES string of the molecule is CC1(C)C(C(=O)O)C1c1ccc(F)c(F)c1. The monoisotopic (exact) mass is 226 g/mol. The third kappa shape index (κ3) is 1.49. The van der Waals surface area contributed by atoms with Crippen LogP contribution in [0.5, 0.6) is 0 Å². The second kappa shape index (κ2) is 3.27. The summed E-state index contributed by atoms with van der Waals surface area (Å²) < 4.78 is 25.8. The number of benzene rings is 1. The van der Waals surface area contributed by atoms with Gasteiger partial charge in [0.2, 0.25) is 0 Å². The van der Waals surface area contributed by atoms with Crippen molar-refractivity contribution < 1.29 is 18.7 Å². The number of halogens is 2. The predicted molar refractivity (Wildman–Crippen MR) is 54.0 cm³/mol. The molecule has 1 saturated carbocycles. The predicted octanol–water partition coefficient (Wildman–Crippen LogP) is 2.79. The van der Waals surface area contributed by atoms with E-state index in [4.69, 9.17) is 5.11 Å². The Hall–Kier alpha value is -1.45. The molecule has 1 N–H and O–H groups in total. The molecule has 1 aliphatic carbocycles. The Bertz CT molecular complexity index is 454. The van der Waals surface area contributed by atoms with Crippen molar-refractivity contribution in [2.24, 2.45) is 11.3 Å². The van der Waals surface area contributed by atoms with Gasteiger partial charge in [-0.3, -0.25) is 4.79 Å². The van der Waals surface area contributed by atoms with Crippen LogP contribution in [0.15, 0.2) is 18.2 Å². The summed E-state index contributed by atoms with van der Waals surface area (Å²) in [6.07, 6.45) is 0. The highest BCUT2D eigenvalue weighted by atomic mass is 19.2. The molecule has 86 valence electrons. The van der Waals surface area contributed by atoms with Crippen LogP contribution < -0.4 is 0 Å². The molecule has 2 atom stereocenters. The minimum atomic E-state index is -0.927. The molecule has 0 aliphatic heterocycles. The van der Waals surface area contributed by atoms with Crippen molar-refractivity contribution in [2.45, 2.75) is 19.8 Å². The normalized spacial score (nSPS) is 26.5. The summed E-state index contributed by atoms with van der Waals surface area (Å²) in [6.45, 7) is 3.63. The minimum absolute atomic E-state index is 0.236. The van der Waals surface area contributed by atoms with Crippen LogP contribution in [-0.2, 0) is 4.79 Å². The maximum absolute atomic E-state index is 13.0. The van der Waals surface area contributed by atoms with Crippen molar-refractivity contribution in [3.8, 4) is 0 Å². The van der Waals surface area contributed by atoms with Gasteiger partial charge in [-0.05, 0) is 23.1 Å². The zero-order valence-electron chi connectivity index (χ0n) is 9.00. The lowest BCUT2D eigenvalue weighted by atomic mass is 10.0. The van der Waals surface area contributed by atoms with Crippen molar-refractivity contribution in [1.29, 1.82) is 0 Å². The van der Waals surface area contributed by atoms with E-state index in [1.807, 2.05) is 13.8 Å². The van der Waals surface area contributed by atoms with E-state index in [-0.39, 0.29) is 5.92 Å². The molecule has 0 radical (unpaired) electrons. The molecule has 4 heteroatoms. The van der Waals surface area contributed by atoms with Gasteiger partial charge >= 0.3 is 5.97 Å². The Morgan fingerprint density at radius 2 is 1.94 bits per heavy atom. The van der Waals surface area contributed by atoms with E-state index in [2.05, 4.69) is 0 Å². The Morgan fingerprint density at radius 3 is 2.38 bits per heavy atom. The third-order valence-electron chi connectivity index (χ3n) is 3.40. The quantitative estimate of drug-likeness (QED) is 0.841. The average molecular weight is 226 g/mol. The standard InChI is InChI=1S/C12H12F2O2/c1-12(2)9(10(12)11(15)16)6-3-4-7(13)8(14)5-6/h3-5,9-10H,1-2H3,(H,15,16). The molecule has 2 rings (SSSR count). The van der Waals surface area contributed by atoms with E-state index in [9.17, 15) is 13.6 Å². The number of hydrogen-bond acceptors (Lipinski definition) is 1. The number of carboxylic acid groups (broad SMARTS) is 1. The van der Waals surface area contributed by atoms with Crippen LogP contribution in [-0.4, -0.2) is 11.1 Å². The maximum atomic E-state index is 13.0. The Labute approximate surface area is 91.9 Å². The summed E-state index contributed by atoms with van der Waals surface area (Å²) in [6, 6.07) is 3.58. The smallest absolute Gasteiger partial charge is 0.307 e. The van der Waals surface area contributed by atoms with Gasteiger partial charge in [0.25, 0.3) is 0 Å². The first-order valence-corrected chi connectivity index (χ1v) is 5.03. The highest BCUT2D eigenvalue weighted by Crippen LogP contribution is 2.64. The molecule has 0 heterocycles. The van der Waals surface area contributed by atoms with Crippen LogP contribution in [0.25, 0.3) is 0 Å². The van der Waals surface area contributed by atoms with Crippen LogP contribution in [0.1, 0.15) is 25.3 Å². The Kier molecular flexibility index (Phi) is 2.26. The van der Waals surface area contributed by atoms with Gasteiger partial charge in [-0.2, -0.15) is 0 Å². The molecule has 0 bridgehead atoms. The fraction of sp³-hybridized carbons (Fsp3) is 0.417. The summed E-state index contributed by atoms with van der Waals surface area (Å²) in [7, 11) is 0. The van der Waals surface area contributed by atoms with E-state index in [1.165, 1.54) is 6.07 Å². The van der Waals surface area contributed by atoms with E-state index in [0.29, 0.717) is 5.56 Å². The van der Waals surface area contributed by atoms with Crippen LogP contribution in [0.2, 0.25) is 0 Å². The molecular weight excluding hydrogens is 214 g/mol. The fourth-order valence-electron chi connectivity index (χ4n) is 2.43. The number of aliphatic carboxylic acids is 1. The van der Waals surface area contributed by atoms with E-state index < -0.39 is 28.9 Å². The van der Waals surface area contributed by atoms with E-state index in [1.54, 1.807) is 0 Å². The first-order valence-electron chi connectivity index (χ1n) is 5.03. The van der Waals surface area contributed by atoms with E-state index >= 15 is 0 Å². The summed E-state index contributed by atoms with van der Waals surface area (Å²) in [5.41, 5.74) is 0.159. The molecule has 2 unspecified atom stereocenters. The molecular formula is C12H12F2O2. The molecule has 0 amide bonds. The fourth-order valence-corrected chi connectivity index (χ4v) is 2.43. The van der Waals surface area contributed by atoms with Gasteiger partial charge in [0.15, 0.2) is 11.6 Å². The lowest BCUT2D eigenvalue weighted by Gasteiger charge is -2.03. The van der Waals surface area contributed by atoms with Gasteiger partial charge in [0.1, 0.15) is 0 Å². The number of rotatable bonds is 2. The molecule has 0 aromatic heterocycles. The largest absolute Gasteiger partial charge is 0.481 e. The molecule has 1 fully saturated rings. The van der Waals surface area contributed by atoms with Crippen molar-refractivity contribution in [2.75, 3.05) is 0 Å². The summed E-state index contributed by atoms with van der Waals surface area (Å²) in [5, 5.41) is 8.98. The van der Waals surface area contributed by atoms with Gasteiger partial charge in [0.05, 0.1) is 5.92 Å². The molecule has 1 aromatic carbocycles. The lowest BCUT2D eigenvalue weighted by Crippen LogP contribution is -2.03. The van der Waals surface area contributed by atoms with Crippen molar-refractivity contribution >= 4 is 5.97 Å². The third-order valence-corrected chi connectivity index (χ3v) is 3.40. The molecule has 0 saturated heterocycles. The molecule has 2 nitrogen and oxygen atoms in total. The highest BCUT2D eigenvalue weighted by Gasteiger charge is 2.62. The Balaban J connectivity index is 2.33. The van der Waals surface area contributed by atoms with Crippen molar-refractivity contribution in [1.82, 2.24) is 0 Å². The number of carbonyl (C=O) groups is 1. The second-order valence-corrected chi connectivity index (χ2v) is 4.79. The Morgan fingerprint density at radius 1 is 1.31 bits per heavy atom. The van der Waals surface area contributed by atoms with Crippen LogP contribution >= 0.6 is 0 Å². The van der Waals surface area contributed by atoms with Crippen LogP contribution in [0, 0.1) is 23.0 Å². The second-order valence-electron chi connectivity index (χ2n) is 4.79. The molecule has 16 heavy (non-hydrogen) atoms. The molecule has 0 spiro atoms. The van der Waals surface area contributed by atoms with Crippen molar-refractivity contribution in [3.05, 3.63) is 35.4 Å². The molecule has 1 aliphatic rings. The average Bonchev–Trinajstić information content (AvgIpc) is 2.74. The zero-order valence-corrected chi connectivity index (χ0v) is 9.00. The van der Waals surface area contributed by atoms with E-state index in [0.717, 1.165) is 12.1 Å². The lowest BCUT2D eigenvalue weighted by molar-refractivity contribution is -0.139. The van der Waals surface area contributed by atoms with Crippen LogP contribution in [0.3, 0.4) is 0 Å².